The lowest BCUT2D eigenvalue weighted by Gasteiger charge is -2.31. The highest BCUT2D eigenvalue weighted by Gasteiger charge is 2.23. The van der Waals surface area contributed by atoms with Gasteiger partial charge in [0.2, 0.25) is 0 Å². The van der Waals surface area contributed by atoms with Gasteiger partial charge in [-0.3, -0.25) is 0 Å². The van der Waals surface area contributed by atoms with Crippen molar-refractivity contribution in [3.63, 3.8) is 0 Å². The topological polar surface area (TPSA) is 41.6 Å². The summed E-state index contributed by atoms with van der Waals surface area (Å²) in [5.74, 6) is 0.615. The lowest BCUT2D eigenvalue weighted by atomic mass is 10.0. The number of rotatable bonds is 2. The standard InChI is InChI=1S/C13H24N2O2/c1-11-5-4-8-15(9-11)13(16)17-10-12-6-2-3-7-14-12/h11-12,14H,2-10H2,1H3/t11-,12+/m0/s1. The van der Waals surface area contributed by atoms with Crippen molar-refractivity contribution in [3.05, 3.63) is 0 Å². The second kappa shape index (κ2) is 6.24. The van der Waals surface area contributed by atoms with Gasteiger partial charge in [0.05, 0.1) is 0 Å². The van der Waals surface area contributed by atoms with E-state index in [-0.39, 0.29) is 6.09 Å². The predicted octanol–water partition coefficient (Wildman–Crippen LogP) is 2.00. The molecule has 0 aliphatic carbocycles. The summed E-state index contributed by atoms with van der Waals surface area (Å²) in [6.07, 6.45) is 5.84. The van der Waals surface area contributed by atoms with E-state index in [2.05, 4.69) is 12.2 Å². The van der Waals surface area contributed by atoms with Crippen LogP contribution in [0.2, 0.25) is 0 Å². The van der Waals surface area contributed by atoms with Crippen LogP contribution in [0.3, 0.4) is 0 Å². The SMILES string of the molecule is C[C@H]1CCCN(C(=O)OC[C@H]2CCCCN2)C1. The summed E-state index contributed by atoms with van der Waals surface area (Å²) < 4.78 is 5.39. The zero-order chi connectivity index (χ0) is 12.1. The van der Waals surface area contributed by atoms with E-state index in [1.54, 1.807) is 0 Å². The predicted molar refractivity (Wildman–Crippen MR) is 67.0 cm³/mol. The van der Waals surface area contributed by atoms with Gasteiger partial charge in [0.1, 0.15) is 6.61 Å². The van der Waals surface area contributed by atoms with Gasteiger partial charge < -0.3 is 15.0 Å². The van der Waals surface area contributed by atoms with Gasteiger partial charge in [-0.15, -0.1) is 0 Å². The quantitative estimate of drug-likeness (QED) is 0.802. The molecular weight excluding hydrogens is 216 g/mol. The van der Waals surface area contributed by atoms with E-state index in [4.69, 9.17) is 4.74 Å². The molecule has 2 aliphatic heterocycles. The van der Waals surface area contributed by atoms with E-state index in [9.17, 15) is 4.79 Å². The molecule has 0 aromatic rings. The lowest BCUT2D eigenvalue weighted by molar-refractivity contribution is 0.0757. The Morgan fingerprint density at radius 2 is 2.24 bits per heavy atom. The number of ether oxygens (including phenoxy) is 1. The maximum atomic E-state index is 11.9. The van der Waals surface area contributed by atoms with Gasteiger partial charge in [0.25, 0.3) is 0 Å². The van der Waals surface area contributed by atoms with Crippen LogP contribution in [0.1, 0.15) is 39.0 Å². The van der Waals surface area contributed by atoms with Gasteiger partial charge in [0.15, 0.2) is 0 Å². The number of nitrogens with zero attached hydrogens (tertiary/aromatic N) is 1. The molecule has 4 heteroatoms. The smallest absolute Gasteiger partial charge is 0.409 e. The van der Waals surface area contributed by atoms with E-state index in [1.165, 1.54) is 19.3 Å². The van der Waals surface area contributed by atoms with Crippen molar-refractivity contribution < 1.29 is 9.53 Å². The van der Waals surface area contributed by atoms with Crippen LogP contribution in [0.4, 0.5) is 4.79 Å². The molecule has 0 aromatic carbocycles. The third kappa shape index (κ3) is 3.87. The molecule has 0 unspecified atom stereocenters. The third-order valence-electron chi connectivity index (χ3n) is 3.74. The van der Waals surface area contributed by atoms with Crippen LogP contribution in [-0.2, 0) is 4.74 Å². The number of hydrogen-bond acceptors (Lipinski definition) is 3. The zero-order valence-electron chi connectivity index (χ0n) is 10.8. The lowest BCUT2D eigenvalue weighted by Crippen LogP contribution is -2.43. The first-order valence-electron chi connectivity index (χ1n) is 6.91. The number of piperidine rings is 2. The molecule has 2 saturated heterocycles. The zero-order valence-corrected chi connectivity index (χ0v) is 10.8. The van der Waals surface area contributed by atoms with Gasteiger partial charge in [-0.2, -0.15) is 0 Å². The first-order valence-corrected chi connectivity index (χ1v) is 6.91. The summed E-state index contributed by atoms with van der Waals surface area (Å²) in [6.45, 7) is 5.51. The maximum Gasteiger partial charge on any atom is 0.409 e. The summed E-state index contributed by atoms with van der Waals surface area (Å²) in [4.78, 5) is 13.7. The Kier molecular flexibility index (Phi) is 4.66. The van der Waals surface area contributed by atoms with Gasteiger partial charge in [-0.05, 0) is 38.1 Å². The molecular formula is C13H24N2O2. The van der Waals surface area contributed by atoms with E-state index in [0.717, 1.165) is 32.5 Å². The Balaban J connectivity index is 1.69. The minimum absolute atomic E-state index is 0.121. The number of likely N-dealkylation sites (tertiary alicyclic amines) is 1. The van der Waals surface area contributed by atoms with E-state index >= 15 is 0 Å². The molecule has 2 rings (SSSR count). The van der Waals surface area contributed by atoms with Crippen molar-refractivity contribution >= 4 is 6.09 Å². The van der Waals surface area contributed by atoms with Gasteiger partial charge in [-0.1, -0.05) is 13.3 Å². The van der Waals surface area contributed by atoms with Crippen LogP contribution in [0.15, 0.2) is 0 Å². The summed E-state index contributed by atoms with van der Waals surface area (Å²) in [5, 5.41) is 3.39. The molecule has 1 N–H and O–H groups in total. The molecule has 1 amide bonds. The van der Waals surface area contributed by atoms with Crippen LogP contribution in [0.5, 0.6) is 0 Å². The molecule has 2 aliphatic rings. The molecule has 98 valence electrons. The van der Waals surface area contributed by atoms with Crippen molar-refractivity contribution in [3.8, 4) is 0 Å². The minimum Gasteiger partial charge on any atom is -0.448 e. The first-order chi connectivity index (χ1) is 8.25. The number of amides is 1. The Hall–Kier alpha value is -0.770. The number of carbonyl (C=O) groups excluding carboxylic acids is 1. The monoisotopic (exact) mass is 240 g/mol. The summed E-state index contributed by atoms with van der Waals surface area (Å²) in [7, 11) is 0. The molecule has 2 heterocycles. The number of hydrogen-bond donors (Lipinski definition) is 1. The normalized spacial score (nSPS) is 30.1. The molecule has 0 aromatic heterocycles. The molecule has 2 fully saturated rings. The van der Waals surface area contributed by atoms with Crippen LogP contribution in [0.25, 0.3) is 0 Å². The van der Waals surface area contributed by atoms with Crippen LogP contribution in [-0.4, -0.2) is 43.3 Å². The Morgan fingerprint density at radius 1 is 1.35 bits per heavy atom. The largest absolute Gasteiger partial charge is 0.448 e. The fraction of sp³-hybridized carbons (Fsp3) is 0.923. The Labute approximate surface area is 104 Å². The van der Waals surface area contributed by atoms with Crippen LogP contribution >= 0.6 is 0 Å². The second-order valence-corrected chi connectivity index (χ2v) is 5.42. The third-order valence-corrected chi connectivity index (χ3v) is 3.74. The summed E-state index contributed by atoms with van der Waals surface area (Å²) in [6, 6.07) is 0.370. The Morgan fingerprint density at radius 3 is 2.94 bits per heavy atom. The van der Waals surface area contributed by atoms with Gasteiger partial charge >= 0.3 is 6.09 Å². The van der Waals surface area contributed by atoms with Gasteiger partial charge in [-0.25, -0.2) is 4.79 Å². The van der Waals surface area contributed by atoms with Gasteiger partial charge in [0, 0.05) is 19.1 Å². The first kappa shape index (κ1) is 12.7. The van der Waals surface area contributed by atoms with Crippen LogP contribution < -0.4 is 5.32 Å². The maximum absolute atomic E-state index is 11.9. The minimum atomic E-state index is -0.121. The summed E-state index contributed by atoms with van der Waals surface area (Å²) in [5.41, 5.74) is 0. The highest BCUT2D eigenvalue weighted by molar-refractivity contribution is 5.67. The highest BCUT2D eigenvalue weighted by Crippen LogP contribution is 2.16. The number of nitrogens with one attached hydrogen (secondary N) is 1. The molecule has 0 saturated carbocycles. The van der Waals surface area contributed by atoms with Crippen molar-refractivity contribution in [2.45, 2.75) is 45.1 Å². The van der Waals surface area contributed by atoms with Crippen molar-refractivity contribution in [2.24, 2.45) is 5.92 Å². The Bertz CT molecular complexity index is 252. The average molecular weight is 240 g/mol. The van der Waals surface area contributed by atoms with Crippen molar-refractivity contribution in [2.75, 3.05) is 26.2 Å². The van der Waals surface area contributed by atoms with Crippen molar-refractivity contribution in [1.29, 1.82) is 0 Å². The highest BCUT2D eigenvalue weighted by atomic mass is 16.6. The fourth-order valence-electron chi connectivity index (χ4n) is 2.68. The van der Waals surface area contributed by atoms with Crippen molar-refractivity contribution in [1.82, 2.24) is 10.2 Å². The molecule has 0 bridgehead atoms. The molecule has 2 atom stereocenters. The fourth-order valence-corrected chi connectivity index (χ4v) is 2.68. The number of carbonyl (C=O) groups is 1. The van der Waals surface area contributed by atoms with E-state index in [0.29, 0.717) is 18.6 Å². The van der Waals surface area contributed by atoms with E-state index in [1.807, 2.05) is 4.90 Å². The summed E-state index contributed by atoms with van der Waals surface area (Å²) >= 11 is 0. The van der Waals surface area contributed by atoms with E-state index < -0.39 is 0 Å². The molecule has 0 spiro atoms. The van der Waals surface area contributed by atoms with Crippen LogP contribution in [0, 0.1) is 5.92 Å². The average Bonchev–Trinajstić information content (AvgIpc) is 2.37. The molecule has 0 radical (unpaired) electrons. The molecule has 4 nitrogen and oxygen atoms in total. The molecule has 17 heavy (non-hydrogen) atoms. The second-order valence-electron chi connectivity index (χ2n) is 5.42.